The highest BCUT2D eigenvalue weighted by molar-refractivity contribution is 6.02. The minimum Gasteiger partial charge on any atom is -0.497 e. The Morgan fingerprint density at radius 3 is 2.58 bits per heavy atom. The number of aliphatic imine (C=N–C) groups is 1. The smallest absolute Gasteiger partial charge is 0.251 e. The average Bonchev–Trinajstić information content (AvgIpc) is 2.93. The van der Waals surface area contributed by atoms with E-state index in [-0.39, 0.29) is 5.91 Å². The third-order valence-corrected chi connectivity index (χ3v) is 6.67. The van der Waals surface area contributed by atoms with Gasteiger partial charge in [0.2, 0.25) is 0 Å². The number of nitrogens with two attached hydrogens (primary N) is 1. The van der Waals surface area contributed by atoms with Gasteiger partial charge in [-0.1, -0.05) is 45.0 Å². The second-order valence-corrected chi connectivity index (χ2v) is 9.57. The molecule has 7 nitrogen and oxygen atoms in total. The number of methoxy groups -OCH3 is 1. The van der Waals surface area contributed by atoms with Crippen molar-refractivity contribution in [3.8, 4) is 5.75 Å². The van der Waals surface area contributed by atoms with Gasteiger partial charge in [-0.15, -0.1) is 0 Å². The molecule has 1 amide bonds. The maximum absolute atomic E-state index is 13.1. The van der Waals surface area contributed by atoms with Gasteiger partial charge in [0.15, 0.2) is 0 Å². The summed E-state index contributed by atoms with van der Waals surface area (Å²) in [6.45, 7) is 12.8. The number of amides is 1. The monoisotopic (exact) mass is 515 g/mol. The van der Waals surface area contributed by atoms with E-state index in [9.17, 15) is 4.79 Å². The first kappa shape index (κ1) is 28.7. The van der Waals surface area contributed by atoms with Crippen LogP contribution in [0.25, 0.3) is 5.70 Å². The van der Waals surface area contributed by atoms with Crippen LogP contribution in [-0.4, -0.2) is 36.8 Å². The zero-order valence-corrected chi connectivity index (χ0v) is 23.5. The molecule has 1 aliphatic heterocycles. The fourth-order valence-corrected chi connectivity index (χ4v) is 4.18. The number of hydrogen-bond donors (Lipinski definition) is 3. The topological polar surface area (TPSA) is 92.0 Å². The summed E-state index contributed by atoms with van der Waals surface area (Å²) in [7, 11) is 1.64. The zero-order chi connectivity index (χ0) is 27.7. The molecule has 0 aliphatic carbocycles. The van der Waals surface area contributed by atoms with Crippen molar-refractivity contribution in [2.24, 2.45) is 16.6 Å². The summed E-state index contributed by atoms with van der Waals surface area (Å²) < 4.78 is 5.21. The highest BCUT2D eigenvalue weighted by Crippen LogP contribution is 2.32. The van der Waals surface area contributed by atoms with Gasteiger partial charge in [0.1, 0.15) is 11.6 Å². The van der Waals surface area contributed by atoms with E-state index in [1.54, 1.807) is 13.3 Å². The van der Waals surface area contributed by atoms with Crippen molar-refractivity contribution in [1.29, 1.82) is 0 Å². The normalized spacial score (nSPS) is 15.7. The lowest BCUT2D eigenvalue weighted by atomic mass is 9.99. The molecule has 0 fully saturated rings. The molecular formula is C31H41N5O2. The number of hydrogen-bond acceptors (Lipinski definition) is 6. The van der Waals surface area contributed by atoms with Gasteiger partial charge in [0, 0.05) is 30.4 Å². The molecule has 1 aliphatic rings. The van der Waals surface area contributed by atoms with Crippen LogP contribution in [-0.2, 0) is 6.54 Å². The van der Waals surface area contributed by atoms with Crippen molar-refractivity contribution in [1.82, 2.24) is 15.5 Å². The van der Waals surface area contributed by atoms with Crippen LogP contribution in [0.4, 0.5) is 0 Å². The third-order valence-electron chi connectivity index (χ3n) is 6.67. The lowest BCUT2D eigenvalue weighted by Crippen LogP contribution is -2.31. The Bertz CT molecular complexity index is 1240. The highest BCUT2D eigenvalue weighted by Gasteiger charge is 2.24. The molecule has 38 heavy (non-hydrogen) atoms. The second kappa shape index (κ2) is 13.6. The van der Waals surface area contributed by atoms with Gasteiger partial charge in [0.05, 0.1) is 24.7 Å². The standard InChI is InChI=1S/C31H41N5O2/c1-7-22(4)29-30(32)34-20-28(36(29)16-15-21(3)18-33-8-2)27-17-25(12-9-23(27)5)31(37)35-19-24-10-13-26(38-6)14-11-24/h9-17,20-21,33H,7-8,18-19H2,1-6H3,(H2,32,34)(H,35,37)/b16-15+,29-22+. The first-order valence-electron chi connectivity index (χ1n) is 13.2. The van der Waals surface area contributed by atoms with Crippen molar-refractivity contribution in [3.05, 3.63) is 94.5 Å². The molecule has 2 aromatic carbocycles. The Morgan fingerprint density at radius 1 is 1.18 bits per heavy atom. The number of nitrogens with zero attached hydrogens (tertiary/aromatic N) is 2. The SMILES string of the molecule is CCNCC(C)/C=C/N1C(c2cc(C(=O)NCc3ccc(OC)cc3)ccc2C)=CN=C(N)/C1=C(/C)CC. The molecule has 4 N–H and O–H groups in total. The summed E-state index contributed by atoms with van der Waals surface area (Å²) in [4.78, 5) is 19.8. The van der Waals surface area contributed by atoms with Gasteiger partial charge in [-0.2, -0.15) is 0 Å². The number of benzene rings is 2. The zero-order valence-electron chi connectivity index (χ0n) is 23.5. The summed E-state index contributed by atoms with van der Waals surface area (Å²) in [6.07, 6.45) is 6.91. The minimum atomic E-state index is -0.136. The number of nitrogens with one attached hydrogen (secondary N) is 2. The quantitative estimate of drug-likeness (QED) is 0.375. The van der Waals surface area contributed by atoms with Crippen molar-refractivity contribution in [2.45, 2.75) is 47.6 Å². The van der Waals surface area contributed by atoms with Crippen molar-refractivity contribution < 1.29 is 9.53 Å². The predicted molar refractivity (Wildman–Crippen MR) is 157 cm³/mol. The Labute approximate surface area is 227 Å². The Hall–Kier alpha value is -3.84. The van der Waals surface area contributed by atoms with Gasteiger partial charge in [-0.25, -0.2) is 4.99 Å². The number of carbonyl (C=O) groups is 1. The van der Waals surface area contributed by atoms with Gasteiger partial charge < -0.3 is 26.0 Å². The molecule has 0 aromatic heterocycles. The predicted octanol–water partition coefficient (Wildman–Crippen LogP) is 5.35. The van der Waals surface area contributed by atoms with E-state index < -0.39 is 0 Å². The molecule has 202 valence electrons. The molecule has 0 bridgehead atoms. The van der Waals surface area contributed by atoms with E-state index in [0.29, 0.717) is 23.9 Å². The van der Waals surface area contributed by atoms with Gasteiger partial charge >= 0.3 is 0 Å². The largest absolute Gasteiger partial charge is 0.497 e. The number of aryl methyl sites for hydroxylation is 1. The van der Waals surface area contributed by atoms with Crippen LogP contribution in [0.15, 0.2) is 77.2 Å². The Morgan fingerprint density at radius 2 is 1.92 bits per heavy atom. The number of ether oxygens (including phenoxy) is 1. The molecule has 7 heteroatoms. The van der Waals surface area contributed by atoms with E-state index in [4.69, 9.17) is 10.5 Å². The number of allylic oxidation sites excluding steroid dienone is 1. The summed E-state index contributed by atoms with van der Waals surface area (Å²) in [5.74, 6) is 1.47. The fourth-order valence-electron chi connectivity index (χ4n) is 4.18. The minimum absolute atomic E-state index is 0.136. The van der Waals surface area contributed by atoms with Crippen LogP contribution >= 0.6 is 0 Å². The van der Waals surface area contributed by atoms with Crippen molar-refractivity contribution >= 4 is 17.4 Å². The molecule has 0 saturated heterocycles. The molecule has 2 aromatic rings. The summed E-state index contributed by atoms with van der Waals surface area (Å²) in [6, 6.07) is 13.4. The molecule has 3 rings (SSSR count). The number of rotatable bonds is 11. The van der Waals surface area contributed by atoms with Crippen molar-refractivity contribution in [2.75, 3.05) is 20.2 Å². The fraction of sp³-hybridized carbons (Fsp3) is 0.355. The number of carbonyl (C=O) groups excluding carboxylic acids is 1. The van der Waals surface area contributed by atoms with Crippen LogP contribution in [0, 0.1) is 12.8 Å². The van der Waals surface area contributed by atoms with Crippen LogP contribution in [0.1, 0.15) is 61.2 Å². The van der Waals surface area contributed by atoms with E-state index >= 15 is 0 Å². The molecule has 0 radical (unpaired) electrons. The van der Waals surface area contributed by atoms with Gasteiger partial charge in [0.25, 0.3) is 5.91 Å². The van der Waals surface area contributed by atoms with Crippen LogP contribution in [0.5, 0.6) is 5.75 Å². The summed E-state index contributed by atoms with van der Waals surface area (Å²) in [5.41, 5.74) is 12.9. The molecule has 0 spiro atoms. The van der Waals surface area contributed by atoms with E-state index in [1.807, 2.05) is 49.4 Å². The van der Waals surface area contributed by atoms with Crippen LogP contribution in [0.2, 0.25) is 0 Å². The highest BCUT2D eigenvalue weighted by atomic mass is 16.5. The van der Waals surface area contributed by atoms with E-state index in [0.717, 1.165) is 58.9 Å². The Kier molecular flexibility index (Phi) is 10.3. The molecule has 1 atom stereocenters. The molecule has 1 heterocycles. The summed E-state index contributed by atoms with van der Waals surface area (Å²) in [5, 5.41) is 6.42. The lowest BCUT2D eigenvalue weighted by Gasteiger charge is -2.31. The molecule has 1 unspecified atom stereocenters. The maximum Gasteiger partial charge on any atom is 0.251 e. The van der Waals surface area contributed by atoms with Crippen LogP contribution in [0.3, 0.4) is 0 Å². The van der Waals surface area contributed by atoms with Crippen molar-refractivity contribution in [3.63, 3.8) is 0 Å². The second-order valence-electron chi connectivity index (χ2n) is 9.57. The summed E-state index contributed by atoms with van der Waals surface area (Å²) >= 11 is 0. The van der Waals surface area contributed by atoms with Crippen LogP contribution < -0.4 is 21.1 Å². The maximum atomic E-state index is 13.1. The Balaban J connectivity index is 1.92. The van der Waals surface area contributed by atoms with E-state index in [1.165, 1.54) is 0 Å². The van der Waals surface area contributed by atoms with Gasteiger partial charge in [-0.3, -0.25) is 4.79 Å². The average molecular weight is 516 g/mol. The lowest BCUT2D eigenvalue weighted by molar-refractivity contribution is 0.0951. The third kappa shape index (κ3) is 7.13. The van der Waals surface area contributed by atoms with Gasteiger partial charge in [-0.05, 0) is 73.7 Å². The number of amidine groups is 1. The molecular weight excluding hydrogens is 474 g/mol. The first-order chi connectivity index (χ1) is 18.3. The van der Waals surface area contributed by atoms with E-state index in [2.05, 4.69) is 60.5 Å². The molecule has 0 saturated carbocycles. The first-order valence-corrected chi connectivity index (χ1v) is 13.2.